The van der Waals surface area contributed by atoms with Crippen LogP contribution < -0.4 is 29.7 Å². The molecule has 18 heteroatoms. The number of nitrogens with one attached hydrogen (secondary N) is 2. The predicted molar refractivity (Wildman–Crippen MR) is 217 cm³/mol. The molecule has 1 atom stereocenters. The molecule has 60 heavy (non-hydrogen) atoms. The van der Waals surface area contributed by atoms with Crippen molar-refractivity contribution in [3.63, 3.8) is 0 Å². The largest absolute Gasteiger partial charge is 0.497 e. The Hall–Kier alpha value is -6.75. The monoisotopic (exact) mass is 847 g/mol. The van der Waals surface area contributed by atoms with Gasteiger partial charge in [-0.3, -0.25) is 5.32 Å². The van der Waals surface area contributed by atoms with Gasteiger partial charge in [0.2, 0.25) is 0 Å². The number of anilines is 3. The van der Waals surface area contributed by atoms with Crippen molar-refractivity contribution in [1.82, 2.24) is 14.9 Å². The molecule has 0 bridgehead atoms. The third kappa shape index (κ3) is 8.12. The quantitative estimate of drug-likeness (QED) is 0.103. The van der Waals surface area contributed by atoms with Gasteiger partial charge in [-0.2, -0.15) is 13.2 Å². The molecule has 0 aliphatic carbocycles. The van der Waals surface area contributed by atoms with Gasteiger partial charge in [0.05, 0.1) is 66.7 Å². The number of hydrogen-bond donors (Lipinski definition) is 3. The van der Waals surface area contributed by atoms with Gasteiger partial charge in [-0.05, 0) is 66.9 Å². The number of alkyl halides is 3. The lowest BCUT2D eigenvalue weighted by Crippen LogP contribution is -2.33. The van der Waals surface area contributed by atoms with Crippen LogP contribution in [0.5, 0.6) is 17.2 Å². The van der Waals surface area contributed by atoms with E-state index in [4.69, 9.17) is 30.5 Å². The van der Waals surface area contributed by atoms with Crippen molar-refractivity contribution in [1.29, 1.82) is 0 Å². The number of ether oxygens (including phenoxy) is 4. The third-order valence-corrected chi connectivity index (χ3v) is 10.4. The van der Waals surface area contributed by atoms with Crippen LogP contribution in [0.2, 0.25) is 5.02 Å². The van der Waals surface area contributed by atoms with E-state index in [0.29, 0.717) is 17.1 Å². The summed E-state index contributed by atoms with van der Waals surface area (Å²) in [5.41, 5.74) is -0.847. The predicted octanol–water partition coefficient (Wildman–Crippen LogP) is 9.61. The molecular weight excluding hydrogens is 810 g/mol. The molecule has 0 fully saturated rings. The molecule has 1 amide bonds. The van der Waals surface area contributed by atoms with Crippen LogP contribution in [0.25, 0.3) is 11.3 Å². The second-order valence-electron chi connectivity index (χ2n) is 13.7. The van der Waals surface area contributed by atoms with Gasteiger partial charge in [-0.1, -0.05) is 41.9 Å². The molecule has 0 spiro atoms. The lowest BCUT2D eigenvalue weighted by Gasteiger charge is -2.32. The molecule has 0 radical (unpaired) electrons. The number of nitrogens with zero attached hydrogens (tertiary/aromatic N) is 5. The van der Waals surface area contributed by atoms with Crippen LogP contribution in [-0.2, 0) is 24.0 Å². The Bertz CT molecular complexity index is 2450. The lowest BCUT2D eigenvalue weighted by molar-refractivity contribution is -0.137. The number of carbonyl (C=O) groups is 1. The summed E-state index contributed by atoms with van der Waals surface area (Å²) in [5.74, 6) is -0.565. The summed E-state index contributed by atoms with van der Waals surface area (Å²) < 4.78 is 85.3. The second-order valence-corrected chi connectivity index (χ2v) is 14.1. The fourth-order valence-electron chi connectivity index (χ4n) is 7.11. The van der Waals surface area contributed by atoms with Gasteiger partial charge in [-0.15, -0.1) is 0 Å². The highest BCUT2D eigenvalue weighted by Gasteiger charge is 2.42. The van der Waals surface area contributed by atoms with Gasteiger partial charge in [0.1, 0.15) is 35.6 Å². The van der Waals surface area contributed by atoms with Crippen LogP contribution in [0.3, 0.4) is 0 Å². The molecular formula is C42H38ClF4N7O6. The molecule has 0 saturated carbocycles. The first-order valence-electron chi connectivity index (χ1n) is 18.3. The highest BCUT2D eigenvalue weighted by molar-refractivity contribution is 6.37. The van der Waals surface area contributed by atoms with E-state index in [-0.39, 0.29) is 60.0 Å². The summed E-state index contributed by atoms with van der Waals surface area (Å²) in [6.07, 6.45) is -3.56. The van der Waals surface area contributed by atoms with Crippen molar-refractivity contribution in [2.75, 3.05) is 43.5 Å². The van der Waals surface area contributed by atoms with Crippen molar-refractivity contribution in [2.45, 2.75) is 39.2 Å². The molecule has 3 aromatic carbocycles. The normalized spacial score (nSPS) is 13.7. The Morgan fingerprint density at radius 2 is 1.65 bits per heavy atom. The maximum Gasteiger partial charge on any atom is 0.418 e. The van der Waals surface area contributed by atoms with Crippen molar-refractivity contribution >= 4 is 40.9 Å². The number of amides is 1. The Balaban J connectivity index is 1.41. The van der Waals surface area contributed by atoms with Crippen molar-refractivity contribution < 1.29 is 46.4 Å². The number of hydrogen-bond acceptors (Lipinski definition) is 11. The number of rotatable bonds is 12. The summed E-state index contributed by atoms with van der Waals surface area (Å²) >= 11 is 7.05. The highest BCUT2D eigenvalue weighted by atomic mass is 35.5. The summed E-state index contributed by atoms with van der Waals surface area (Å²) in [7, 11) is 4.35. The van der Waals surface area contributed by atoms with Gasteiger partial charge in [-0.25, -0.2) is 24.1 Å². The van der Waals surface area contributed by atoms with Gasteiger partial charge < -0.3 is 39.2 Å². The van der Waals surface area contributed by atoms with E-state index < -0.39 is 51.7 Å². The number of halogens is 5. The van der Waals surface area contributed by atoms with Gasteiger partial charge in [0.15, 0.2) is 11.6 Å². The first-order chi connectivity index (χ1) is 28.7. The number of benzene rings is 3. The average Bonchev–Trinajstić information content (AvgIpc) is 3.40. The summed E-state index contributed by atoms with van der Waals surface area (Å²) in [6, 6.07) is 18.2. The van der Waals surface area contributed by atoms with E-state index in [1.807, 2.05) is 24.3 Å². The minimum Gasteiger partial charge on any atom is -0.497 e. The standard InChI is InChI=1S/C42H38ClF4N7O6/c1-22-17-29(53(18-24-8-12-26(57-3)13-9-24)19-25-10-14-27(58-4)15-11-25)51-36(33(22)42(45,46)47)31-34(43)37-32-38(35(31)44)60-30(59-5)20-54(40(32)50-21-49-37)23(2)28-7-6-16-48-39(28)52-41(55)56/h6-17,20,23,49H,18-19,21H2,1-5H3,(H,48,52)(H,55,56). The van der Waals surface area contributed by atoms with E-state index in [2.05, 4.69) is 25.6 Å². The zero-order valence-electron chi connectivity index (χ0n) is 32.8. The molecule has 1 unspecified atom stereocenters. The van der Waals surface area contributed by atoms with E-state index in [9.17, 15) is 9.90 Å². The molecule has 2 aliphatic heterocycles. The van der Waals surface area contributed by atoms with Crippen LogP contribution in [0.1, 0.15) is 46.3 Å². The van der Waals surface area contributed by atoms with E-state index in [1.54, 1.807) is 67.3 Å². The molecule has 0 saturated heterocycles. The summed E-state index contributed by atoms with van der Waals surface area (Å²) in [6.45, 7) is 3.26. The van der Waals surface area contributed by atoms with Gasteiger partial charge >= 0.3 is 18.2 Å². The van der Waals surface area contributed by atoms with E-state index >= 15 is 17.6 Å². The van der Waals surface area contributed by atoms with Crippen molar-refractivity contribution in [2.24, 2.45) is 4.99 Å². The lowest BCUT2D eigenvalue weighted by atomic mass is 9.95. The van der Waals surface area contributed by atoms with Crippen molar-refractivity contribution in [3.8, 4) is 28.5 Å². The number of aryl methyl sites for hydroxylation is 1. The van der Waals surface area contributed by atoms with Crippen molar-refractivity contribution in [3.05, 3.63) is 129 Å². The van der Waals surface area contributed by atoms with Crippen LogP contribution >= 0.6 is 11.6 Å². The minimum atomic E-state index is -5.00. The van der Waals surface area contributed by atoms with E-state index in [1.165, 1.54) is 32.5 Å². The highest BCUT2D eigenvalue weighted by Crippen LogP contribution is 2.51. The van der Waals surface area contributed by atoms with Gasteiger partial charge in [0, 0.05) is 24.8 Å². The third-order valence-electron chi connectivity index (χ3n) is 9.98. The van der Waals surface area contributed by atoms with E-state index in [0.717, 1.165) is 11.1 Å². The molecule has 3 N–H and O–H groups in total. The molecule has 312 valence electrons. The number of amidine groups is 1. The number of carboxylic acid groups (broad SMARTS) is 1. The fraction of sp³-hybridized carbons (Fsp3) is 0.238. The smallest absolute Gasteiger partial charge is 0.418 e. The number of aromatic nitrogens is 2. The Morgan fingerprint density at radius 1 is 1.02 bits per heavy atom. The number of aliphatic imine (C=N–C) groups is 1. The minimum absolute atomic E-state index is 0.0126. The maximum absolute atomic E-state index is 17.5. The topological polar surface area (TPSA) is 143 Å². The SMILES string of the molecule is COC1=CN(C(C)c2cccnc2NC(=O)O)C2=NCNc3c(Cl)c(-c4nc(N(Cc5ccc(OC)cc5)Cc5ccc(OC)cc5)cc(C)c4C(F)(F)F)c(F)c(c32)O1. The Labute approximate surface area is 346 Å². The maximum atomic E-state index is 17.5. The number of pyridine rings is 2. The molecule has 2 aliphatic rings. The first kappa shape index (κ1) is 41.4. The Morgan fingerprint density at radius 3 is 2.22 bits per heavy atom. The fourth-order valence-corrected chi connectivity index (χ4v) is 7.45. The van der Waals surface area contributed by atoms with Crippen LogP contribution in [-0.4, -0.2) is 59.9 Å². The zero-order chi connectivity index (χ0) is 42.9. The molecule has 4 heterocycles. The molecule has 13 nitrogen and oxygen atoms in total. The van der Waals surface area contributed by atoms with Crippen LogP contribution in [0.15, 0.2) is 90.1 Å². The average molecular weight is 848 g/mol. The van der Waals surface area contributed by atoms with Gasteiger partial charge in [0.25, 0.3) is 0 Å². The summed E-state index contributed by atoms with van der Waals surface area (Å²) in [4.78, 5) is 28.3. The van der Waals surface area contributed by atoms with Crippen LogP contribution in [0, 0.1) is 12.7 Å². The number of methoxy groups -OCH3 is 3. The summed E-state index contributed by atoms with van der Waals surface area (Å²) in [5, 5.41) is 14.3. The first-order valence-corrected chi connectivity index (χ1v) is 18.7. The zero-order valence-corrected chi connectivity index (χ0v) is 33.6. The molecule has 5 aromatic rings. The molecule has 2 aromatic heterocycles. The second kappa shape index (κ2) is 16.8. The Kier molecular flexibility index (Phi) is 11.6. The molecule has 7 rings (SSSR count). The van der Waals surface area contributed by atoms with Crippen LogP contribution in [0.4, 0.5) is 39.7 Å².